The molecule has 8 fully saturated rings. The molecule has 4 aliphatic carbocycles. The van der Waals surface area contributed by atoms with Gasteiger partial charge in [0.25, 0.3) is 0 Å². The number of carbonyl (C=O) groups excluding carboxylic acids is 2. The molecule has 0 radical (unpaired) electrons. The van der Waals surface area contributed by atoms with Gasteiger partial charge >= 0.3 is 11.9 Å². The van der Waals surface area contributed by atoms with E-state index in [0.717, 1.165) is 87.2 Å². The van der Waals surface area contributed by atoms with Gasteiger partial charge in [0.15, 0.2) is 6.29 Å². The number of unbranched alkanes of at least 4 members (excludes halogenated alkanes) is 3. The van der Waals surface area contributed by atoms with Crippen LogP contribution >= 0.6 is 47.0 Å². The van der Waals surface area contributed by atoms with Gasteiger partial charge in [0, 0.05) is 18.9 Å². The van der Waals surface area contributed by atoms with Crippen molar-refractivity contribution < 1.29 is 38.4 Å². The van der Waals surface area contributed by atoms with Crippen molar-refractivity contribution in [2.24, 2.45) is 40.4 Å². The highest BCUT2D eigenvalue weighted by Crippen LogP contribution is 2.86. The van der Waals surface area contributed by atoms with Crippen molar-refractivity contribution in [1.29, 1.82) is 0 Å². The highest BCUT2D eigenvalue weighted by Gasteiger charge is 2.97. The van der Waals surface area contributed by atoms with Gasteiger partial charge in [-0.05, 0) is 113 Å². The summed E-state index contributed by atoms with van der Waals surface area (Å²) in [6, 6.07) is 0. The summed E-state index contributed by atoms with van der Waals surface area (Å²) in [5, 5.41) is 14.3. The van der Waals surface area contributed by atoms with E-state index < -0.39 is 58.2 Å². The quantitative estimate of drug-likeness (QED) is 0.0986. The Morgan fingerprint density at radius 1 is 0.904 bits per heavy atom. The summed E-state index contributed by atoms with van der Waals surface area (Å²) in [6.07, 6.45) is 18.5. The lowest BCUT2D eigenvalue weighted by atomic mass is 9.38. The Morgan fingerprint density at radius 3 is 2.29 bits per heavy atom. The largest absolute Gasteiger partial charge is 0.469 e. The molecule has 12 heteroatoms. The molecule has 11 atom stereocenters. The minimum absolute atomic E-state index is 0.00648. The Morgan fingerprint density at radius 2 is 1.62 bits per heavy atom. The zero-order valence-corrected chi connectivity index (χ0v) is 34.9. The predicted molar refractivity (Wildman–Crippen MR) is 212 cm³/mol. The maximum absolute atomic E-state index is 14.7. The molecule has 8 nitrogen and oxygen atoms in total. The van der Waals surface area contributed by atoms with E-state index >= 15 is 0 Å². The van der Waals surface area contributed by atoms with E-state index in [-0.39, 0.29) is 33.0 Å². The van der Waals surface area contributed by atoms with Gasteiger partial charge in [-0.1, -0.05) is 37.1 Å². The third-order valence-corrected chi connectivity index (χ3v) is 20.5. The van der Waals surface area contributed by atoms with E-state index in [4.69, 9.17) is 23.7 Å². The van der Waals surface area contributed by atoms with Gasteiger partial charge in [0.05, 0.1) is 45.7 Å². The zero-order valence-electron chi connectivity index (χ0n) is 31.7. The molecular formula is C40H60O8S4. The number of aliphatic hydroxyl groups is 1. The number of carbonyl (C=O) groups is 2. The molecule has 4 saturated carbocycles. The summed E-state index contributed by atoms with van der Waals surface area (Å²) in [5.41, 5.74) is -3.86. The van der Waals surface area contributed by atoms with Gasteiger partial charge in [0.1, 0.15) is 5.60 Å². The number of hydrogen-bond acceptors (Lipinski definition) is 12. The summed E-state index contributed by atoms with van der Waals surface area (Å²) in [4.78, 5) is 29.2. The normalized spacial score (nSPS) is 43.4. The number of methoxy groups -OCH3 is 3. The number of allylic oxidation sites excluding steroid dienone is 4. The molecule has 292 valence electrons. The fraction of sp³-hybridized carbons (Fsp3) is 0.850. The second-order valence-electron chi connectivity index (χ2n) is 16.1. The van der Waals surface area contributed by atoms with E-state index in [0.29, 0.717) is 6.42 Å². The lowest BCUT2D eigenvalue weighted by Crippen LogP contribution is -2.82. The summed E-state index contributed by atoms with van der Waals surface area (Å²) < 4.78 is 32.6. The fourth-order valence-corrected chi connectivity index (χ4v) is 18.9. The van der Waals surface area contributed by atoms with Crippen molar-refractivity contribution in [2.45, 2.75) is 123 Å². The van der Waals surface area contributed by atoms with Gasteiger partial charge < -0.3 is 28.8 Å². The fourth-order valence-electron chi connectivity index (χ4n) is 12.3. The third kappa shape index (κ3) is 5.78. The Labute approximate surface area is 328 Å². The Balaban J connectivity index is 1.42. The van der Waals surface area contributed by atoms with Gasteiger partial charge in [0.2, 0.25) is 5.79 Å². The molecule has 8 aliphatic rings. The van der Waals surface area contributed by atoms with Gasteiger partial charge in [-0.15, -0.1) is 47.0 Å². The molecule has 0 aromatic heterocycles. The number of esters is 2. The van der Waals surface area contributed by atoms with Crippen LogP contribution in [-0.4, -0.2) is 93.8 Å². The van der Waals surface area contributed by atoms with E-state index in [1.165, 1.54) is 14.2 Å². The van der Waals surface area contributed by atoms with Gasteiger partial charge in [-0.2, -0.15) is 0 Å². The Kier molecular flexibility index (Phi) is 12.2. The second-order valence-corrected chi connectivity index (χ2v) is 22.1. The van der Waals surface area contributed by atoms with E-state index in [2.05, 4.69) is 38.2 Å². The van der Waals surface area contributed by atoms with Crippen LogP contribution in [-0.2, 0) is 33.3 Å². The van der Waals surface area contributed by atoms with Gasteiger partial charge in [-0.25, -0.2) is 0 Å². The number of ether oxygens (including phenoxy) is 5. The molecule has 6 bridgehead atoms. The van der Waals surface area contributed by atoms with E-state index in [9.17, 15) is 14.7 Å². The molecular weight excluding hydrogens is 737 g/mol. The number of hydrogen-bond donors (Lipinski definition) is 1. The lowest BCUT2D eigenvalue weighted by molar-refractivity contribution is -0.437. The summed E-state index contributed by atoms with van der Waals surface area (Å²) in [7, 11) is 4.52. The molecule has 4 saturated heterocycles. The van der Waals surface area contributed by atoms with Crippen LogP contribution in [0.4, 0.5) is 0 Å². The van der Waals surface area contributed by atoms with Crippen LogP contribution in [0.15, 0.2) is 24.3 Å². The first kappa shape index (κ1) is 39.9. The van der Waals surface area contributed by atoms with Crippen molar-refractivity contribution in [2.75, 3.05) is 44.3 Å². The highest BCUT2D eigenvalue weighted by atomic mass is 32.2. The summed E-state index contributed by atoms with van der Waals surface area (Å²) in [6.45, 7) is 4.14. The first-order valence-corrected chi connectivity index (χ1v) is 23.8. The van der Waals surface area contributed by atoms with E-state index in [1.807, 2.05) is 47.0 Å². The maximum atomic E-state index is 14.7. The topological polar surface area (TPSA) is 101 Å². The SMILES string of the molecule is C/C=C/CCCCC[C@@H]1[C@H]2C[C@H](C3(CC/C=C/C)SCCCS3)O[C@]34O[C@@H](OC)[C@]5(CC6SCCCS6)C[C@](C(=O)OC)([C@H](C(=O)OC)[C@@H]23)[C@H]1[C@@]54O. The molecule has 1 spiro atoms. The van der Waals surface area contributed by atoms with Crippen LogP contribution in [0.3, 0.4) is 0 Å². The second kappa shape index (κ2) is 15.9. The minimum atomic E-state index is -1.58. The van der Waals surface area contributed by atoms with Crippen molar-refractivity contribution in [1.82, 2.24) is 0 Å². The first-order valence-electron chi connectivity index (χ1n) is 19.7. The smallest absolute Gasteiger partial charge is 0.313 e. The van der Waals surface area contributed by atoms with Crippen molar-refractivity contribution in [3.05, 3.63) is 24.3 Å². The lowest BCUT2D eigenvalue weighted by Gasteiger charge is -2.71. The van der Waals surface area contributed by atoms with Gasteiger partial charge in [-0.3, -0.25) is 9.59 Å². The van der Waals surface area contributed by atoms with Crippen molar-refractivity contribution in [3.8, 4) is 0 Å². The predicted octanol–water partition coefficient (Wildman–Crippen LogP) is 8.07. The molecule has 0 aromatic carbocycles. The van der Waals surface area contributed by atoms with Crippen LogP contribution in [0.1, 0.15) is 90.9 Å². The number of rotatable bonds is 15. The van der Waals surface area contributed by atoms with Crippen molar-refractivity contribution >= 4 is 59.0 Å². The number of thioether (sulfide) groups is 4. The molecule has 4 heterocycles. The average molecular weight is 797 g/mol. The van der Waals surface area contributed by atoms with Crippen LogP contribution in [0.5, 0.6) is 0 Å². The van der Waals surface area contributed by atoms with E-state index in [1.54, 1.807) is 7.11 Å². The molecule has 4 aliphatic heterocycles. The third-order valence-electron chi connectivity index (χ3n) is 13.9. The summed E-state index contributed by atoms with van der Waals surface area (Å²) >= 11 is 7.87. The molecule has 0 unspecified atom stereocenters. The summed E-state index contributed by atoms with van der Waals surface area (Å²) in [5.74, 6) is -0.223. The average Bonchev–Trinajstić information content (AvgIpc) is 3.49. The minimum Gasteiger partial charge on any atom is -0.469 e. The van der Waals surface area contributed by atoms with Crippen LogP contribution in [0, 0.1) is 40.4 Å². The maximum Gasteiger partial charge on any atom is 0.313 e. The molecule has 0 amide bonds. The molecule has 1 N–H and O–H groups in total. The Bertz CT molecular complexity index is 1370. The van der Waals surface area contributed by atoms with Crippen LogP contribution < -0.4 is 0 Å². The first-order chi connectivity index (χ1) is 25.2. The monoisotopic (exact) mass is 796 g/mol. The highest BCUT2D eigenvalue weighted by molar-refractivity contribution is 8.19. The van der Waals surface area contributed by atoms with Crippen LogP contribution in [0.2, 0.25) is 0 Å². The molecule has 52 heavy (non-hydrogen) atoms. The standard InChI is InChI=1S/C40H60O8S4/c1-6-8-10-11-12-13-17-26-27-23-28(38(18-14-9-7-2)51-21-16-22-52-38)47-40-30(27)31(33(41)44-3)37(34(42)45-4)25-36(35(46-5)48-40,39(40,43)32(26)37)24-29-49-19-15-20-50-29/h6-9,26-32,35,43H,10-25H2,1-5H3/b8-6+,9-7+/t26-,27-,28-,30-,31+,32+,35-,36+,37+,39-,40+/m1/s1. The Hall–Kier alpha value is -0.340. The van der Waals surface area contributed by atoms with Crippen LogP contribution in [0.25, 0.3) is 0 Å². The van der Waals surface area contributed by atoms with Crippen molar-refractivity contribution in [3.63, 3.8) is 0 Å². The molecule has 8 rings (SSSR count). The zero-order chi connectivity index (χ0) is 36.8. The molecule has 0 aromatic rings.